The van der Waals surface area contributed by atoms with Crippen LogP contribution in [0, 0.1) is 0 Å². The van der Waals surface area contributed by atoms with Crippen LogP contribution in [0.5, 0.6) is 0 Å². The predicted molar refractivity (Wildman–Crippen MR) is 67.0 cm³/mol. The van der Waals surface area contributed by atoms with Gasteiger partial charge in [-0.25, -0.2) is 0 Å². The second-order valence-electron chi connectivity index (χ2n) is 4.46. The molecule has 0 aliphatic rings. The Morgan fingerprint density at radius 3 is 2.60 bits per heavy atom. The minimum absolute atomic E-state index is 0.560. The summed E-state index contributed by atoms with van der Waals surface area (Å²) in [4.78, 5) is 0. The largest absolute Gasteiger partial charge is 0.310 e. The van der Waals surface area contributed by atoms with Crippen LogP contribution in [-0.2, 0) is 13.0 Å². The molecule has 84 valence electrons. The topological polar surface area (TPSA) is 12.0 Å². The van der Waals surface area contributed by atoms with Gasteiger partial charge in [0.1, 0.15) is 0 Å². The van der Waals surface area contributed by atoms with E-state index >= 15 is 0 Å². The molecule has 0 heterocycles. The van der Waals surface area contributed by atoms with E-state index in [9.17, 15) is 0 Å². The third-order valence-corrected chi connectivity index (χ3v) is 2.52. The Morgan fingerprint density at radius 1 is 1.20 bits per heavy atom. The van der Waals surface area contributed by atoms with Gasteiger partial charge in [-0.2, -0.15) is 0 Å². The van der Waals surface area contributed by atoms with E-state index < -0.39 is 0 Å². The maximum absolute atomic E-state index is 3.45. The van der Waals surface area contributed by atoms with Crippen LogP contribution in [0.25, 0.3) is 0 Å². The summed E-state index contributed by atoms with van der Waals surface area (Å²) in [5, 5.41) is 3.45. The highest BCUT2D eigenvalue weighted by Crippen LogP contribution is 2.08. The van der Waals surface area contributed by atoms with Gasteiger partial charge in [-0.05, 0) is 24.0 Å². The highest BCUT2D eigenvalue weighted by atomic mass is 14.9. The molecule has 1 N–H and O–H groups in total. The van der Waals surface area contributed by atoms with E-state index in [2.05, 4.69) is 50.4 Å². The molecule has 0 bridgehead atoms. The van der Waals surface area contributed by atoms with Crippen LogP contribution in [-0.4, -0.2) is 6.04 Å². The van der Waals surface area contributed by atoms with Crippen molar-refractivity contribution in [1.82, 2.24) is 5.32 Å². The molecule has 1 heteroatoms. The van der Waals surface area contributed by atoms with Crippen molar-refractivity contribution in [3.8, 4) is 0 Å². The van der Waals surface area contributed by atoms with Crippen molar-refractivity contribution in [2.75, 3.05) is 0 Å². The first-order valence-corrected chi connectivity index (χ1v) is 6.03. The van der Waals surface area contributed by atoms with Crippen LogP contribution in [0.1, 0.15) is 44.7 Å². The zero-order chi connectivity index (χ0) is 11.1. The van der Waals surface area contributed by atoms with Crippen LogP contribution in [0.2, 0.25) is 0 Å². The quantitative estimate of drug-likeness (QED) is 0.749. The second kappa shape index (κ2) is 6.62. The summed E-state index contributed by atoms with van der Waals surface area (Å²) < 4.78 is 0. The lowest BCUT2D eigenvalue weighted by atomic mass is 10.1. The standard InChI is InChI=1S/C14H23N/c1-4-5-7-13-8-6-9-14(10-13)11-15-12(2)3/h6,8-10,12,15H,4-5,7,11H2,1-3H3. The summed E-state index contributed by atoms with van der Waals surface area (Å²) in [5.41, 5.74) is 2.87. The van der Waals surface area contributed by atoms with Gasteiger partial charge in [-0.3, -0.25) is 0 Å². The first-order chi connectivity index (χ1) is 7.22. The number of rotatable bonds is 6. The van der Waals surface area contributed by atoms with Crippen LogP contribution in [0.3, 0.4) is 0 Å². The van der Waals surface area contributed by atoms with Gasteiger partial charge in [0.2, 0.25) is 0 Å². The van der Waals surface area contributed by atoms with Gasteiger partial charge < -0.3 is 5.32 Å². The predicted octanol–water partition coefficient (Wildman–Crippen LogP) is 3.53. The molecule has 0 saturated carbocycles. The van der Waals surface area contributed by atoms with E-state index in [0.29, 0.717) is 6.04 Å². The monoisotopic (exact) mass is 205 g/mol. The minimum atomic E-state index is 0.560. The number of unbranched alkanes of at least 4 members (excludes halogenated alkanes) is 1. The van der Waals surface area contributed by atoms with Gasteiger partial charge in [0.05, 0.1) is 0 Å². The fourth-order valence-electron chi connectivity index (χ4n) is 1.60. The summed E-state index contributed by atoms with van der Waals surface area (Å²) >= 11 is 0. The highest BCUT2D eigenvalue weighted by Gasteiger charge is 1.97. The maximum atomic E-state index is 3.45. The van der Waals surface area contributed by atoms with Gasteiger partial charge in [-0.15, -0.1) is 0 Å². The zero-order valence-corrected chi connectivity index (χ0v) is 10.2. The van der Waals surface area contributed by atoms with E-state index in [-0.39, 0.29) is 0 Å². The molecule has 1 nitrogen and oxygen atoms in total. The molecule has 0 aliphatic heterocycles. The van der Waals surface area contributed by atoms with E-state index in [4.69, 9.17) is 0 Å². The van der Waals surface area contributed by atoms with E-state index in [0.717, 1.165) is 6.54 Å². The number of benzene rings is 1. The fraction of sp³-hybridized carbons (Fsp3) is 0.571. The van der Waals surface area contributed by atoms with Gasteiger partial charge in [-0.1, -0.05) is 51.5 Å². The van der Waals surface area contributed by atoms with Gasteiger partial charge in [0.25, 0.3) is 0 Å². The third-order valence-electron chi connectivity index (χ3n) is 2.52. The molecule has 0 saturated heterocycles. The third kappa shape index (κ3) is 4.98. The molecule has 0 spiro atoms. The van der Waals surface area contributed by atoms with E-state index in [1.807, 2.05) is 0 Å². The van der Waals surface area contributed by atoms with Crippen molar-refractivity contribution in [1.29, 1.82) is 0 Å². The Hall–Kier alpha value is -0.820. The Morgan fingerprint density at radius 2 is 1.93 bits per heavy atom. The molecular weight excluding hydrogens is 182 g/mol. The minimum Gasteiger partial charge on any atom is -0.310 e. The van der Waals surface area contributed by atoms with Gasteiger partial charge >= 0.3 is 0 Å². The molecule has 15 heavy (non-hydrogen) atoms. The Kier molecular flexibility index (Phi) is 5.41. The fourth-order valence-corrected chi connectivity index (χ4v) is 1.60. The molecule has 0 amide bonds. The number of hydrogen-bond donors (Lipinski definition) is 1. The number of aryl methyl sites for hydroxylation is 1. The molecule has 0 aromatic heterocycles. The van der Waals surface area contributed by atoms with Gasteiger partial charge in [0.15, 0.2) is 0 Å². The summed E-state index contributed by atoms with van der Waals surface area (Å²) in [5.74, 6) is 0. The SMILES string of the molecule is CCCCc1cccc(CNC(C)C)c1. The average molecular weight is 205 g/mol. The molecule has 1 aromatic rings. The number of nitrogens with one attached hydrogen (secondary N) is 1. The normalized spacial score (nSPS) is 10.9. The van der Waals surface area contributed by atoms with Crippen LogP contribution >= 0.6 is 0 Å². The zero-order valence-electron chi connectivity index (χ0n) is 10.2. The highest BCUT2D eigenvalue weighted by molar-refractivity contribution is 5.23. The molecular formula is C14H23N. The molecule has 0 atom stereocenters. The molecule has 1 rings (SSSR count). The number of hydrogen-bond acceptors (Lipinski definition) is 1. The van der Waals surface area contributed by atoms with Crippen LogP contribution in [0.4, 0.5) is 0 Å². The Bertz CT molecular complexity index is 278. The first kappa shape index (κ1) is 12.3. The molecule has 0 fully saturated rings. The maximum Gasteiger partial charge on any atom is 0.0207 e. The summed E-state index contributed by atoms with van der Waals surface area (Å²) in [6, 6.07) is 9.48. The molecule has 0 radical (unpaired) electrons. The summed E-state index contributed by atoms with van der Waals surface area (Å²) in [6.45, 7) is 7.59. The molecule has 0 aliphatic carbocycles. The van der Waals surface area contributed by atoms with Crippen molar-refractivity contribution in [2.24, 2.45) is 0 Å². The summed E-state index contributed by atoms with van der Waals surface area (Å²) in [6.07, 6.45) is 3.78. The van der Waals surface area contributed by atoms with Crippen LogP contribution in [0.15, 0.2) is 24.3 Å². The lowest BCUT2D eigenvalue weighted by Crippen LogP contribution is -2.21. The van der Waals surface area contributed by atoms with Crippen molar-refractivity contribution >= 4 is 0 Å². The Balaban J connectivity index is 2.50. The Labute approximate surface area is 93.9 Å². The lowest BCUT2D eigenvalue weighted by Gasteiger charge is -2.09. The van der Waals surface area contributed by atoms with Crippen LogP contribution < -0.4 is 5.32 Å². The average Bonchev–Trinajstić information content (AvgIpc) is 2.24. The van der Waals surface area contributed by atoms with Crippen molar-refractivity contribution < 1.29 is 0 Å². The van der Waals surface area contributed by atoms with E-state index in [1.54, 1.807) is 0 Å². The molecule has 0 unspecified atom stereocenters. The smallest absolute Gasteiger partial charge is 0.0207 e. The van der Waals surface area contributed by atoms with Crippen molar-refractivity contribution in [3.63, 3.8) is 0 Å². The summed E-state index contributed by atoms with van der Waals surface area (Å²) in [7, 11) is 0. The van der Waals surface area contributed by atoms with Crippen molar-refractivity contribution in [2.45, 2.75) is 52.6 Å². The second-order valence-corrected chi connectivity index (χ2v) is 4.46. The lowest BCUT2D eigenvalue weighted by molar-refractivity contribution is 0.588. The first-order valence-electron chi connectivity index (χ1n) is 6.03. The van der Waals surface area contributed by atoms with Crippen molar-refractivity contribution in [3.05, 3.63) is 35.4 Å². The van der Waals surface area contributed by atoms with Gasteiger partial charge in [0, 0.05) is 12.6 Å². The van der Waals surface area contributed by atoms with E-state index in [1.165, 1.54) is 30.4 Å². The molecule has 1 aromatic carbocycles.